The van der Waals surface area contributed by atoms with Crippen LogP contribution in [0.2, 0.25) is 0 Å². The van der Waals surface area contributed by atoms with Crippen molar-refractivity contribution in [3.05, 3.63) is 173 Å². The fourth-order valence-electron chi connectivity index (χ4n) is 10.2. The summed E-state index contributed by atoms with van der Waals surface area (Å²) in [6.45, 7) is 17.1. The lowest BCUT2D eigenvalue weighted by Gasteiger charge is -2.40. The molecule has 0 radical (unpaired) electrons. The summed E-state index contributed by atoms with van der Waals surface area (Å²) in [6, 6.07) is 54.6. The Balaban J connectivity index is 1.50. The number of hydrogen-bond donors (Lipinski definition) is 0. The first-order valence-corrected chi connectivity index (χ1v) is 19.1. The van der Waals surface area contributed by atoms with Gasteiger partial charge >= 0.3 is 0 Å². The molecule has 258 valence electrons. The van der Waals surface area contributed by atoms with Crippen LogP contribution in [0.3, 0.4) is 0 Å². The average Bonchev–Trinajstić information content (AvgIpc) is 3.54. The van der Waals surface area contributed by atoms with Gasteiger partial charge in [-0.1, -0.05) is 182 Å². The first kappa shape index (κ1) is 32.0. The normalized spacial score (nSPS) is 15.0. The number of benzene rings is 8. The van der Waals surface area contributed by atoms with Crippen LogP contribution in [0.4, 0.5) is 17.1 Å². The van der Waals surface area contributed by atoms with E-state index in [0.717, 1.165) is 0 Å². The largest absolute Gasteiger partial charge is 0.309 e. The molecule has 0 aliphatic heterocycles. The Labute approximate surface area is 313 Å². The highest BCUT2D eigenvalue weighted by molar-refractivity contribution is 6.17. The average molecular weight is 684 g/mol. The summed E-state index contributed by atoms with van der Waals surface area (Å²) >= 11 is 0. The zero-order valence-electron chi connectivity index (χ0n) is 31.8. The van der Waals surface area contributed by atoms with E-state index in [9.17, 15) is 0 Å². The quantitative estimate of drug-likeness (QED) is 0.168. The second kappa shape index (κ2) is 10.9. The van der Waals surface area contributed by atoms with E-state index in [2.05, 4.69) is 199 Å². The molecule has 1 heteroatoms. The van der Waals surface area contributed by atoms with Crippen molar-refractivity contribution in [3.63, 3.8) is 0 Å². The molecule has 0 aromatic heterocycles. The summed E-state index contributed by atoms with van der Waals surface area (Å²) in [5.41, 5.74) is 15.8. The molecule has 8 aromatic rings. The summed E-state index contributed by atoms with van der Waals surface area (Å²) in [6.07, 6.45) is 0. The Kier molecular flexibility index (Phi) is 6.61. The van der Waals surface area contributed by atoms with E-state index in [1.807, 2.05) is 0 Å². The minimum absolute atomic E-state index is 0.117. The maximum Gasteiger partial charge on any atom is 0.0556 e. The highest BCUT2D eigenvalue weighted by Crippen LogP contribution is 2.66. The molecular weight excluding hydrogens is 639 g/mol. The third-order valence-corrected chi connectivity index (χ3v) is 12.4. The predicted molar refractivity (Wildman–Crippen MR) is 227 cm³/mol. The van der Waals surface area contributed by atoms with Crippen LogP contribution in [0, 0.1) is 0 Å². The van der Waals surface area contributed by atoms with Crippen LogP contribution in [-0.2, 0) is 16.2 Å². The van der Waals surface area contributed by atoms with Crippen molar-refractivity contribution in [2.24, 2.45) is 0 Å². The summed E-state index contributed by atoms with van der Waals surface area (Å²) in [5, 5.41) is 7.54. The molecule has 2 aliphatic rings. The van der Waals surface area contributed by atoms with Crippen LogP contribution < -0.4 is 4.90 Å². The van der Waals surface area contributed by atoms with E-state index in [4.69, 9.17) is 0 Å². The van der Waals surface area contributed by atoms with E-state index in [1.54, 1.807) is 0 Å². The third kappa shape index (κ3) is 4.31. The van der Waals surface area contributed by atoms with Crippen molar-refractivity contribution in [1.29, 1.82) is 0 Å². The second-order valence-corrected chi connectivity index (χ2v) is 17.3. The zero-order valence-corrected chi connectivity index (χ0v) is 31.8. The zero-order chi connectivity index (χ0) is 36.4. The SMILES string of the molecule is CC(C)(C)c1c2c(c(N(c3cccc4ccccc34)c3cc4ccccc4c4ccccc34)c3c1-c1ccccc1C3(C)C)C(C)(C)c1ccccc1-2. The maximum atomic E-state index is 2.70. The van der Waals surface area contributed by atoms with E-state index >= 15 is 0 Å². The summed E-state index contributed by atoms with van der Waals surface area (Å²) < 4.78 is 0. The van der Waals surface area contributed by atoms with Crippen LogP contribution >= 0.6 is 0 Å². The summed E-state index contributed by atoms with van der Waals surface area (Å²) in [5.74, 6) is 0. The molecular formula is C52H45N. The highest BCUT2D eigenvalue weighted by Gasteiger charge is 2.50. The molecule has 0 atom stereocenters. The molecule has 0 unspecified atom stereocenters. The smallest absolute Gasteiger partial charge is 0.0556 e. The first-order valence-electron chi connectivity index (χ1n) is 19.1. The van der Waals surface area contributed by atoms with Gasteiger partial charge in [-0.15, -0.1) is 0 Å². The van der Waals surface area contributed by atoms with Gasteiger partial charge in [0.25, 0.3) is 0 Å². The highest BCUT2D eigenvalue weighted by atomic mass is 15.2. The number of hydrogen-bond acceptors (Lipinski definition) is 1. The van der Waals surface area contributed by atoms with Crippen molar-refractivity contribution in [2.75, 3.05) is 4.90 Å². The van der Waals surface area contributed by atoms with Gasteiger partial charge < -0.3 is 4.90 Å². The van der Waals surface area contributed by atoms with Crippen molar-refractivity contribution in [1.82, 2.24) is 0 Å². The lowest BCUT2D eigenvalue weighted by Crippen LogP contribution is -2.28. The standard InChI is InChI=1S/C52H45N/c1-50(2,3)46-44-38-26-14-16-28-40(38)51(4,5)47(44)49(48-45(46)39-27-15-17-29-41(39)52(48,6)7)53(42-30-18-21-32-19-8-11-23-35(32)42)43-31-33-20-9-10-22-34(33)36-24-12-13-25-37(36)43/h8-31H,1-7H3. The molecule has 0 saturated carbocycles. The fraction of sp³-hybridized carbons (Fsp3) is 0.192. The maximum absolute atomic E-state index is 2.70. The van der Waals surface area contributed by atoms with Crippen molar-refractivity contribution < 1.29 is 0 Å². The van der Waals surface area contributed by atoms with Gasteiger partial charge in [-0.05, 0) is 89.2 Å². The molecule has 0 saturated heterocycles. The Bertz CT molecular complexity index is 2730. The van der Waals surface area contributed by atoms with Gasteiger partial charge in [0.2, 0.25) is 0 Å². The minimum atomic E-state index is -0.267. The van der Waals surface area contributed by atoms with E-state index in [-0.39, 0.29) is 16.2 Å². The van der Waals surface area contributed by atoms with Gasteiger partial charge in [0, 0.05) is 21.6 Å². The number of anilines is 3. The molecule has 2 aliphatic carbocycles. The Morgan fingerprint density at radius 3 is 1.51 bits per heavy atom. The van der Waals surface area contributed by atoms with Crippen molar-refractivity contribution in [2.45, 2.75) is 64.7 Å². The van der Waals surface area contributed by atoms with Crippen LogP contribution in [0.15, 0.2) is 146 Å². The van der Waals surface area contributed by atoms with Gasteiger partial charge in [-0.25, -0.2) is 0 Å². The van der Waals surface area contributed by atoms with Gasteiger partial charge in [-0.2, -0.15) is 0 Å². The molecule has 8 aromatic carbocycles. The van der Waals surface area contributed by atoms with Crippen LogP contribution in [0.5, 0.6) is 0 Å². The summed E-state index contributed by atoms with van der Waals surface area (Å²) in [7, 11) is 0. The molecule has 10 rings (SSSR count). The summed E-state index contributed by atoms with van der Waals surface area (Å²) in [4.78, 5) is 2.70. The third-order valence-electron chi connectivity index (χ3n) is 12.4. The molecule has 0 fully saturated rings. The van der Waals surface area contributed by atoms with Gasteiger partial charge in [0.1, 0.15) is 0 Å². The van der Waals surface area contributed by atoms with E-state index in [0.29, 0.717) is 0 Å². The Morgan fingerprint density at radius 2 is 0.906 bits per heavy atom. The lowest BCUT2D eigenvalue weighted by atomic mass is 9.70. The molecule has 53 heavy (non-hydrogen) atoms. The Hall–Kier alpha value is -5.66. The van der Waals surface area contributed by atoms with E-state index < -0.39 is 0 Å². The van der Waals surface area contributed by atoms with Crippen LogP contribution in [0.25, 0.3) is 54.6 Å². The number of nitrogens with zero attached hydrogens (tertiary/aromatic N) is 1. The first-order chi connectivity index (χ1) is 25.5. The van der Waals surface area contributed by atoms with Gasteiger partial charge in [-0.3, -0.25) is 0 Å². The molecule has 0 heterocycles. The second-order valence-electron chi connectivity index (χ2n) is 17.3. The number of fused-ring (bicyclic) bond motifs is 10. The topological polar surface area (TPSA) is 3.24 Å². The molecule has 0 amide bonds. The predicted octanol–water partition coefficient (Wildman–Crippen LogP) is 14.5. The molecule has 0 bridgehead atoms. The fourth-order valence-corrected chi connectivity index (χ4v) is 10.2. The molecule has 0 spiro atoms. The lowest BCUT2D eigenvalue weighted by molar-refractivity contribution is 0.587. The van der Waals surface area contributed by atoms with Crippen LogP contribution in [-0.4, -0.2) is 0 Å². The monoisotopic (exact) mass is 683 g/mol. The minimum Gasteiger partial charge on any atom is -0.309 e. The van der Waals surface area contributed by atoms with E-state index in [1.165, 1.54) is 99.5 Å². The molecule has 0 N–H and O–H groups in total. The van der Waals surface area contributed by atoms with Crippen molar-refractivity contribution in [3.8, 4) is 22.3 Å². The van der Waals surface area contributed by atoms with Crippen molar-refractivity contribution >= 4 is 49.4 Å². The Morgan fingerprint density at radius 1 is 0.434 bits per heavy atom. The number of rotatable bonds is 3. The van der Waals surface area contributed by atoms with Gasteiger partial charge in [0.15, 0.2) is 0 Å². The molecule has 1 nitrogen and oxygen atoms in total. The van der Waals surface area contributed by atoms with Crippen LogP contribution in [0.1, 0.15) is 76.3 Å². The van der Waals surface area contributed by atoms with Gasteiger partial charge in [0.05, 0.1) is 17.1 Å².